The maximum Gasteiger partial charge on any atom is 0.344 e. The number of rotatable bonds is 16. The van der Waals surface area contributed by atoms with Crippen LogP contribution in [0.5, 0.6) is 0 Å². The van der Waals surface area contributed by atoms with Crippen LogP contribution in [0.3, 0.4) is 0 Å². The van der Waals surface area contributed by atoms with Gasteiger partial charge >= 0.3 is 35.8 Å². The molecule has 11 aliphatic carbocycles. The summed E-state index contributed by atoms with van der Waals surface area (Å²) in [5.41, 5.74) is 1.69. The van der Waals surface area contributed by atoms with Gasteiger partial charge in [-0.25, -0.2) is 28.8 Å². The molecule has 0 radical (unpaired) electrons. The van der Waals surface area contributed by atoms with Crippen molar-refractivity contribution < 1.29 is 74.5 Å². The second kappa shape index (κ2) is 27.2. The van der Waals surface area contributed by atoms with E-state index in [1.165, 1.54) is 90.4 Å². The average Bonchev–Trinajstić information content (AvgIpc) is 1.66. The first-order chi connectivity index (χ1) is 39.4. The summed E-state index contributed by atoms with van der Waals surface area (Å²) in [7, 11) is -3.53. The zero-order valence-electron chi connectivity index (χ0n) is 52.3. The Bertz CT molecular complexity index is 2570. The smallest absolute Gasteiger partial charge is 0.344 e. The minimum Gasteiger partial charge on any atom is -0.462 e. The van der Waals surface area contributed by atoms with Crippen LogP contribution in [0.15, 0.2) is 60.8 Å². The number of esters is 6. The molecule has 16 nitrogen and oxygen atoms in total. The summed E-state index contributed by atoms with van der Waals surface area (Å²) < 4.78 is 66.2. The molecule has 13 rings (SSSR count). The highest BCUT2D eigenvalue weighted by molar-refractivity contribution is 7.87. The standard InChI is InChI=1S/C17H26O2.C15H22O2.C13H16O7S.C12H20O2.C10H16O3/c1-10(2)16(18)19-17(11(3)4)14-6-12-5-13(8-14)9-15(17)7-12;1-9(2)14(16)17-15(3)12-5-10-4-11(7-12)8-13(15)6-10;1-6(2)13(15)18-5-10(14)19-11-7-3-8-9(4-7)21(16,17)20-12(8)11;1-4-12(8-6-5-7-9-12)14-11(13)10(2)3;1-4-10(5-12-6-10)7-13-9(11)8(2)3/h11-15H,1,5-9H2,2-4H3;10-13H,1,4-8H2,2-3H3;7-9,11-12H,1,3-5H2,2H3;2,4-9H2,1,3H3;2,4-7H2,1,3H3. The maximum absolute atomic E-state index is 12.1. The molecule has 0 aromatic carbocycles. The first-order valence-corrected chi connectivity index (χ1v) is 32.9. The van der Waals surface area contributed by atoms with Crippen molar-refractivity contribution in [3.05, 3.63) is 60.8 Å². The lowest BCUT2D eigenvalue weighted by Gasteiger charge is -2.61. The summed E-state index contributed by atoms with van der Waals surface area (Å²) >= 11 is 0. The van der Waals surface area contributed by atoms with Crippen LogP contribution >= 0.6 is 0 Å². The van der Waals surface area contributed by atoms with E-state index < -0.39 is 46.1 Å². The van der Waals surface area contributed by atoms with E-state index in [2.05, 4.69) is 67.5 Å². The minimum absolute atomic E-state index is 0.00284. The van der Waals surface area contributed by atoms with Gasteiger partial charge in [-0.1, -0.05) is 67.0 Å². The van der Waals surface area contributed by atoms with Crippen molar-refractivity contribution in [2.75, 3.05) is 26.4 Å². The lowest BCUT2D eigenvalue weighted by molar-refractivity contribution is -0.221. The van der Waals surface area contributed by atoms with Gasteiger partial charge < -0.3 is 33.2 Å². The molecule has 0 spiro atoms. The first-order valence-electron chi connectivity index (χ1n) is 31.4. The third kappa shape index (κ3) is 14.8. The zero-order valence-corrected chi connectivity index (χ0v) is 53.1. The quantitative estimate of drug-likeness (QED) is 0.0609. The van der Waals surface area contributed by atoms with E-state index in [1.54, 1.807) is 27.7 Å². The van der Waals surface area contributed by atoms with Crippen LogP contribution in [0.2, 0.25) is 0 Å². The molecule has 11 saturated carbocycles. The second-order valence-corrected chi connectivity index (χ2v) is 29.7. The van der Waals surface area contributed by atoms with Crippen molar-refractivity contribution in [1.82, 2.24) is 0 Å². The van der Waals surface area contributed by atoms with Crippen LogP contribution in [-0.4, -0.2) is 105 Å². The molecule has 2 aliphatic heterocycles. The van der Waals surface area contributed by atoms with Crippen molar-refractivity contribution in [2.45, 2.75) is 225 Å². The van der Waals surface area contributed by atoms with Crippen molar-refractivity contribution in [3.8, 4) is 0 Å². The predicted octanol–water partition coefficient (Wildman–Crippen LogP) is 12.2. The van der Waals surface area contributed by atoms with Gasteiger partial charge in [0.05, 0.1) is 23.9 Å². The van der Waals surface area contributed by atoms with Gasteiger partial charge in [-0.3, -0.25) is 4.18 Å². The number of fused-ring (bicyclic) bond motifs is 1. The van der Waals surface area contributed by atoms with E-state index in [4.69, 9.17) is 37.3 Å². The number of ether oxygens (including phenoxy) is 7. The summed E-state index contributed by atoms with van der Waals surface area (Å²) in [4.78, 5) is 69.4. The van der Waals surface area contributed by atoms with Crippen LogP contribution in [0.25, 0.3) is 0 Å². The van der Waals surface area contributed by atoms with Gasteiger partial charge in [0.1, 0.15) is 35.6 Å². The zero-order chi connectivity index (χ0) is 61.9. The summed E-state index contributed by atoms with van der Waals surface area (Å²) in [5, 5.41) is -0.455. The highest BCUT2D eigenvalue weighted by atomic mass is 32.2. The van der Waals surface area contributed by atoms with Gasteiger partial charge in [0.25, 0.3) is 10.1 Å². The number of carbonyl (C=O) groups excluding carboxylic acids is 6. The topological polar surface area (TPSA) is 210 Å². The van der Waals surface area contributed by atoms with Crippen molar-refractivity contribution in [1.29, 1.82) is 0 Å². The molecule has 10 bridgehead atoms. The molecular formula is C67H100O16S. The Morgan fingerprint density at radius 2 is 1.01 bits per heavy atom. The summed E-state index contributed by atoms with van der Waals surface area (Å²) in [5.74, 6) is 4.05. The largest absolute Gasteiger partial charge is 0.462 e. The Morgan fingerprint density at radius 3 is 1.44 bits per heavy atom. The SMILES string of the molecule is C=C(C)C(=O)OC1(C(C)C)C2CC3CC(C2)CC1C3.C=C(C)C(=O)OC1(C)C2CC3CC(C2)CC1C3.C=C(C)C(=O)OC1(CC)CCCCC1.C=C(C)C(=O)OCC(=O)OC1C2CC3C1OS(=O)(=O)C3C2.C=C(C)C(=O)OCC1(CC)COC1. The summed E-state index contributed by atoms with van der Waals surface area (Å²) in [6, 6.07) is 0. The molecule has 0 aromatic rings. The molecule has 13 fully saturated rings. The Morgan fingerprint density at radius 1 is 0.560 bits per heavy atom. The van der Waals surface area contributed by atoms with E-state index in [-0.39, 0.29) is 63.5 Å². The van der Waals surface area contributed by atoms with Crippen LogP contribution in [0, 0.1) is 70.5 Å². The fourth-order valence-electron chi connectivity index (χ4n) is 16.6. The molecule has 17 heteroatoms. The monoisotopic (exact) mass is 1190 g/mol. The Kier molecular flexibility index (Phi) is 21.7. The molecule has 84 heavy (non-hydrogen) atoms. The molecule has 2 saturated heterocycles. The van der Waals surface area contributed by atoms with E-state index in [1.807, 2.05) is 0 Å². The average molecular weight is 1190 g/mol. The number of carbonyl (C=O) groups is 6. The molecule has 470 valence electrons. The number of hydrogen-bond acceptors (Lipinski definition) is 16. The molecule has 5 unspecified atom stereocenters. The van der Waals surface area contributed by atoms with Gasteiger partial charge in [0.15, 0.2) is 6.61 Å². The molecule has 0 N–H and O–H groups in total. The fraction of sp³-hybridized carbons (Fsp3) is 0.761. The van der Waals surface area contributed by atoms with E-state index >= 15 is 0 Å². The van der Waals surface area contributed by atoms with E-state index in [0.717, 1.165) is 49.4 Å². The number of hydrogen-bond donors (Lipinski definition) is 0. The van der Waals surface area contributed by atoms with Crippen LogP contribution < -0.4 is 0 Å². The van der Waals surface area contributed by atoms with Crippen LogP contribution in [0.1, 0.15) is 191 Å². The van der Waals surface area contributed by atoms with Crippen LogP contribution in [0.4, 0.5) is 0 Å². The second-order valence-electron chi connectivity index (χ2n) is 27.9. The predicted molar refractivity (Wildman–Crippen MR) is 318 cm³/mol. The summed E-state index contributed by atoms with van der Waals surface area (Å²) in [6.45, 7) is 38.4. The fourth-order valence-corrected chi connectivity index (χ4v) is 18.5. The van der Waals surface area contributed by atoms with Crippen LogP contribution in [-0.2, 0) is 76.2 Å². The molecule has 13 aliphatic rings. The highest BCUT2D eigenvalue weighted by Crippen LogP contribution is 2.63. The summed E-state index contributed by atoms with van der Waals surface area (Å²) in [6.07, 6.45) is 20.6. The third-order valence-electron chi connectivity index (χ3n) is 21.2. The van der Waals surface area contributed by atoms with E-state index in [0.29, 0.717) is 84.5 Å². The van der Waals surface area contributed by atoms with Gasteiger partial charge in [-0.15, -0.1) is 0 Å². The highest BCUT2D eigenvalue weighted by Gasteiger charge is 2.66. The molecule has 2 heterocycles. The molecule has 5 atom stereocenters. The van der Waals surface area contributed by atoms with Gasteiger partial charge in [0, 0.05) is 39.7 Å². The Hall–Kier alpha value is -4.61. The van der Waals surface area contributed by atoms with Gasteiger partial charge in [0.2, 0.25) is 0 Å². The maximum atomic E-state index is 12.1. The van der Waals surface area contributed by atoms with Crippen molar-refractivity contribution in [3.63, 3.8) is 0 Å². The van der Waals surface area contributed by atoms with Crippen molar-refractivity contribution in [2.24, 2.45) is 70.5 Å². The molecular weight excluding hydrogens is 1090 g/mol. The van der Waals surface area contributed by atoms with Gasteiger partial charge in [-0.2, -0.15) is 8.42 Å². The van der Waals surface area contributed by atoms with Gasteiger partial charge in [-0.05, 0) is 210 Å². The molecule has 0 amide bonds. The Balaban J connectivity index is 0.000000152. The minimum atomic E-state index is -3.53. The lowest BCUT2D eigenvalue weighted by atomic mass is 9.47. The first kappa shape index (κ1) is 66.9. The lowest BCUT2D eigenvalue weighted by Crippen LogP contribution is -2.62. The third-order valence-corrected chi connectivity index (χ3v) is 23.0. The Labute approximate surface area is 501 Å². The van der Waals surface area contributed by atoms with E-state index in [9.17, 15) is 37.2 Å². The van der Waals surface area contributed by atoms with Crippen molar-refractivity contribution >= 4 is 45.9 Å². The molecule has 0 aromatic heterocycles. The normalized spacial score (nSPS) is 35.2.